The maximum absolute atomic E-state index is 5.39. The van der Waals surface area contributed by atoms with Crippen LogP contribution in [0.5, 0.6) is 0 Å². The smallest absolute Gasteiger partial charge is 0.0653 e. The lowest BCUT2D eigenvalue weighted by Gasteiger charge is -2.00. The van der Waals surface area contributed by atoms with Crippen molar-refractivity contribution in [3.05, 3.63) is 0 Å². The van der Waals surface area contributed by atoms with E-state index in [1.165, 1.54) is 44.9 Å². The van der Waals surface area contributed by atoms with Crippen LogP contribution in [0.3, 0.4) is 0 Å². The van der Waals surface area contributed by atoms with Gasteiger partial charge in [-0.1, -0.05) is 44.8 Å². The van der Waals surface area contributed by atoms with Crippen molar-refractivity contribution in [3.63, 3.8) is 0 Å². The third-order valence-corrected chi connectivity index (χ3v) is 2.05. The lowest BCUT2D eigenvalue weighted by Crippen LogP contribution is -1.88. The van der Waals surface area contributed by atoms with Gasteiger partial charge in [0.25, 0.3) is 0 Å². The summed E-state index contributed by atoms with van der Waals surface area (Å²) in [6.45, 7) is 0.919. The summed E-state index contributed by atoms with van der Waals surface area (Å²) in [4.78, 5) is 0. The summed E-state index contributed by atoms with van der Waals surface area (Å²) in [5, 5.41) is 0. The van der Waals surface area contributed by atoms with Crippen molar-refractivity contribution >= 4 is 7.85 Å². The third-order valence-electron chi connectivity index (χ3n) is 2.05. The molecule has 1 nitrogen and oxygen atoms in total. The molecule has 0 aliphatic heterocycles. The van der Waals surface area contributed by atoms with Crippen LogP contribution in [0.15, 0.2) is 0 Å². The summed E-state index contributed by atoms with van der Waals surface area (Å²) in [6, 6.07) is 0. The Labute approximate surface area is 78.3 Å². The molecule has 70 valence electrons. The lowest BCUT2D eigenvalue weighted by atomic mass is 9.98. The van der Waals surface area contributed by atoms with Gasteiger partial charge >= 0.3 is 0 Å². The molecule has 2 heteroatoms. The maximum atomic E-state index is 5.39. The van der Waals surface area contributed by atoms with E-state index in [-0.39, 0.29) is 0 Å². The van der Waals surface area contributed by atoms with Crippen LogP contribution in [0.2, 0.25) is 6.32 Å². The fourth-order valence-corrected chi connectivity index (χ4v) is 1.27. The quantitative estimate of drug-likeness (QED) is 0.380. The molecular formula is C10H21BO. The van der Waals surface area contributed by atoms with Crippen LogP contribution in [0.25, 0.3) is 0 Å². The number of hydrogen-bond donors (Lipinski definition) is 0. The van der Waals surface area contributed by atoms with E-state index in [4.69, 9.17) is 12.6 Å². The number of unbranched alkanes of at least 4 members (excludes halogenated alkanes) is 6. The van der Waals surface area contributed by atoms with Crippen LogP contribution in [0.1, 0.15) is 44.9 Å². The number of ether oxygens (including phenoxy) is 1. The van der Waals surface area contributed by atoms with Gasteiger partial charge in [-0.25, -0.2) is 0 Å². The minimum absolute atomic E-state index is 0.851. The molecule has 2 radical (unpaired) electrons. The van der Waals surface area contributed by atoms with Gasteiger partial charge in [0.15, 0.2) is 0 Å². The highest BCUT2D eigenvalue weighted by Crippen LogP contribution is 2.07. The Morgan fingerprint density at radius 2 is 1.33 bits per heavy atom. The molecule has 0 aromatic rings. The van der Waals surface area contributed by atoms with Crippen molar-refractivity contribution in [3.8, 4) is 0 Å². The van der Waals surface area contributed by atoms with Crippen molar-refractivity contribution in [2.45, 2.75) is 51.3 Å². The molecule has 0 heterocycles. The molecule has 0 N–H and O–H groups in total. The van der Waals surface area contributed by atoms with Crippen LogP contribution < -0.4 is 0 Å². The molecule has 0 fully saturated rings. The zero-order valence-corrected chi connectivity index (χ0v) is 8.35. The highest BCUT2D eigenvalue weighted by Gasteiger charge is 1.90. The SMILES string of the molecule is [B]CCCCCCCCCOC. The van der Waals surface area contributed by atoms with Crippen LogP contribution in [-0.4, -0.2) is 21.6 Å². The number of methoxy groups -OCH3 is 1. The fraction of sp³-hybridized carbons (Fsp3) is 1.00. The normalized spacial score (nSPS) is 10.4. The molecule has 0 bridgehead atoms. The minimum Gasteiger partial charge on any atom is -0.385 e. The van der Waals surface area contributed by atoms with E-state index >= 15 is 0 Å². The van der Waals surface area contributed by atoms with Crippen LogP contribution >= 0.6 is 0 Å². The van der Waals surface area contributed by atoms with Gasteiger partial charge in [-0.2, -0.15) is 0 Å². The third kappa shape index (κ3) is 10.0. The van der Waals surface area contributed by atoms with Gasteiger partial charge in [-0.15, -0.1) is 0 Å². The standard InChI is InChI=1S/C10H21BO/c1-12-10-8-6-4-2-3-5-7-9-11/h2-10H2,1H3. The van der Waals surface area contributed by atoms with Crippen LogP contribution in [-0.2, 0) is 4.74 Å². The van der Waals surface area contributed by atoms with E-state index in [0.29, 0.717) is 0 Å². The fourth-order valence-electron chi connectivity index (χ4n) is 1.27. The lowest BCUT2D eigenvalue weighted by molar-refractivity contribution is 0.192. The zero-order valence-electron chi connectivity index (χ0n) is 8.35. The molecule has 0 rings (SSSR count). The molecule has 0 aliphatic rings. The average molecular weight is 168 g/mol. The molecule has 0 aromatic carbocycles. The van der Waals surface area contributed by atoms with Gasteiger partial charge in [0.2, 0.25) is 0 Å². The molecule has 12 heavy (non-hydrogen) atoms. The van der Waals surface area contributed by atoms with Crippen LogP contribution in [0, 0.1) is 0 Å². The first-order chi connectivity index (χ1) is 5.91. The highest BCUT2D eigenvalue weighted by atomic mass is 16.5. The van der Waals surface area contributed by atoms with Gasteiger partial charge in [0.05, 0.1) is 7.85 Å². The monoisotopic (exact) mass is 168 g/mol. The summed E-state index contributed by atoms with van der Waals surface area (Å²) in [5.74, 6) is 0. The van der Waals surface area contributed by atoms with Gasteiger partial charge in [-0.3, -0.25) is 0 Å². The van der Waals surface area contributed by atoms with Gasteiger partial charge in [0, 0.05) is 13.7 Å². The molecule has 0 amide bonds. The Balaban J connectivity index is 2.73. The van der Waals surface area contributed by atoms with Gasteiger partial charge in [-0.05, 0) is 6.42 Å². The number of rotatable bonds is 9. The summed E-state index contributed by atoms with van der Waals surface area (Å²) < 4.78 is 4.97. The van der Waals surface area contributed by atoms with E-state index in [0.717, 1.165) is 12.9 Å². The second-order valence-corrected chi connectivity index (χ2v) is 3.26. The molecule has 0 saturated carbocycles. The highest BCUT2D eigenvalue weighted by molar-refractivity contribution is 6.08. The molecule has 0 saturated heterocycles. The summed E-state index contributed by atoms with van der Waals surface area (Å²) in [7, 11) is 7.16. The van der Waals surface area contributed by atoms with Crippen molar-refractivity contribution in [2.75, 3.05) is 13.7 Å². The van der Waals surface area contributed by atoms with Crippen molar-refractivity contribution in [1.82, 2.24) is 0 Å². The summed E-state index contributed by atoms with van der Waals surface area (Å²) in [5.41, 5.74) is 0. The molecular weight excluding hydrogens is 147 g/mol. The summed E-state index contributed by atoms with van der Waals surface area (Å²) in [6.07, 6.45) is 9.95. The zero-order chi connectivity index (χ0) is 9.07. The van der Waals surface area contributed by atoms with E-state index < -0.39 is 0 Å². The van der Waals surface area contributed by atoms with E-state index in [9.17, 15) is 0 Å². The van der Waals surface area contributed by atoms with Crippen molar-refractivity contribution < 1.29 is 4.74 Å². The Morgan fingerprint density at radius 1 is 0.833 bits per heavy atom. The first kappa shape index (κ1) is 12.0. The van der Waals surface area contributed by atoms with Crippen molar-refractivity contribution in [2.24, 2.45) is 0 Å². The Bertz CT molecular complexity index is 66.2. The molecule has 0 spiro atoms. The topological polar surface area (TPSA) is 9.23 Å². The maximum Gasteiger partial charge on any atom is 0.0653 e. The largest absolute Gasteiger partial charge is 0.385 e. The Morgan fingerprint density at radius 3 is 1.83 bits per heavy atom. The molecule has 0 unspecified atom stereocenters. The second kappa shape index (κ2) is 11.0. The first-order valence-corrected chi connectivity index (χ1v) is 5.11. The first-order valence-electron chi connectivity index (χ1n) is 5.11. The summed E-state index contributed by atoms with van der Waals surface area (Å²) >= 11 is 0. The molecule has 0 aromatic heterocycles. The Hall–Kier alpha value is 0.0249. The number of hydrogen-bond acceptors (Lipinski definition) is 1. The predicted molar refractivity (Wildman–Crippen MR) is 54.8 cm³/mol. The van der Waals surface area contributed by atoms with Gasteiger partial charge < -0.3 is 4.74 Å². The van der Waals surface area contributed by atoms with E-state index in [1.807, 2.05) is 0 Å². The second-order valence-electron chi connectivity index (χ2n) is 3.26. The van der Waals surface area contributed by atoms with E-state index in [1.54, 1.807) is 7.11 Å². The van der Waals surface area contributed by atoms with Gasteiger partial charge in [0.1, 0.15) is 0 Å². The Kier molecular flexibility index (Phi) is 11.0. The van der Waals surface area contributed by atoms with Crippen LogP contribution in [0.4, 0.5) is 0 Å². The van der Waals surface area contributed by atoms with E-state index in [2.05, 4.69) is 0 Å². The minimum atomic E-state index is 0.851. The molecule has 0 aliphatic carbocycles. The average Bonchev–Trinajstić information content (AvgIpc) is 2.10. The molecule has 0 atom stereocenters. The predicted octanol–water partition coefficient (Wildman–Crippen LogP) is 2.95. The van der Waals surface area contributed by atoms with Crippen molar-refractivity contribution in [1.29, 1.82) is 0 Å².